The van der Waals surface area contributed by atoms with Crippen molar-refractivity contribution in [2.24, 2.45) is 10.7 Å². The molecule has 0 amide bonds. The van der Waals surface area contributed by atoms with Gasteiger partial charge >= 0.3 is 0 Å². The zero-order valence-electron chi connectivity index (χ0n) is 15.9. The van der Waals surface area contributed by atoms with E-state index < -0.39 is 38.2 Å². The van der Waals surface area contributed by atoms with Crippen LogP contribution >= 0.6 is 0 Å². The van der Waals surface area contributed by atoms with Gasteiger partial charge < -0.3 is 10.5 Å². The number of benzene rings is 1. The van der Waals surface area contributed by atoms with Gasteiger partial charge in [-0.1, -0.05) is 6.07 Å². The molecule has 0 bridgehead atoms. The number of fused-ring (bicyclic) bond motifs is 1. The third-order valence-electron chi connectivity index (χ3n) is 5.38. The molecule has 2 atom stereocenters. The van der Waals surface area contributed by atoms with Crippen molar-refractivity contribution in [3.63, 3.8) is 0 Å². The lowest BCUT2D eigenvalue weighted by Crippen LogP contribution is -2.57. The maximum Gasteiger partial charge on any atom is 0.245 e. The smallest absolute Gasteiger partial charge is 0.245 e. The Morgan fingerprint density at radius 3 is 2.80 bits per heavy atom. The summed E-state index contributed by atoms with van der Waals surface area (Å²) in [6.07, 6.45) is 0.795. The Hall–Kier alpha value is -2.92. The summed E-state index contributed by atoms with van der Waals surface area (Å²) in [6.45, 7) is -0.329. The van der Waals surface area contributed by atoms with Crippen molar-refractivity contribution in [2.45, 2.75) is 17.2 Å². The Balaban J connectivity index is 1.75. The molecular weight excluding hydrogens is 418 g/mol. The van der Waals surface area contributed by atoms with Crippen LogP contribution in [0.3, 0.4) is 0 Å². The van der Waals surface area contributed by atoms with Crippen LogP contribution < -0.4 is 5.73 Å². The maximum atomic E-state index is 14.9. The summed E-state index contributed by atoms with van der Waals surface area (Å²) >= 11 is 0. The van der Waals surface area contributed by atoms with Crippen LogP contribution in [0.1, 0.15) is 21.6 Å². The molecule has 0 unspecified atom stereocenters. The summed E-state index contributed by atoms with van der Waals surface area (Å²) < 4.78 is 59.8. The summed E-state index contributed by atoms with van der Waals surface area (Å²) in [6, 6.07) is 6.35. The van der Waals surface area contributed by atoms with Gasteiger partial charge in [0.05, 0.1) is 19.4 Å². The van der Waals surface area contributed by atoms with Gasteiger partial charge in [0, 0.05) is 19.0 Å². The number of ketones is 1. The predicted octanol–water partition coefficient (Wildman–Crippen LogP) is 0.969. The average molecular weight is 436 g/mol. The highest BCUT2D eigenvalue weighted by Gasteiger charge is 2.58. The topological polar surface area (TPSA) is 115 Å². The van der Waals surface area contributed by atoms with Gasteiger partial charge in [-0.2, -0.15) is 0 Å². The number of carbonyl (C=O) groups is 1. The first-order chi connectivity index (χ1) is 14.1. The van der Waals surface area contributed by atoms with Gasteiger partial charge in [-0.15, -0.1) is 0 Å². The number of hydrogen-bond acceptors (Lipinski definition) is 7. The molecule has 1 aromatic carbocycles. The SMILES string of the molecule is CN1C(N)=N[C@@]2(c3cc(CC(=O)c4ccc(F)cn4)ccc3F)COC[C@H]2S1(=O)=O. The lowest BCUT2D eigenvalue weighted by molar-refractivity contribution is 0.0988. The number of aliphatic imine (C=N–C) groups is 1. The largest absolute Gasteiger partial charge is 0.377 e. The van der Waals surface area contributed by atoms with Crippen molar-refractivity contribution in [3.8, 4) is 0 Å². The normalized spacial score (nSPS) is 25.0. The molecule has 1 saturated heterocycles. The molecule has 1 fully saturated rings. The Morgan fingerprint density at radius 1 is 1.33 bits per heavy atom. The van der Waals surface area contributed by atoms with E-state index >= 15 is 0 Å². The molecule has 8 nitrogen and oxygen atoms in total. The molecule has 0 aliphatic carbocycles. The van der Waals surface area contributed by atoms with Crippen molar-refractivity contribution >= 4 is 21.8 Å². The zero-order valence-corrected chi connectivity index (χ0v) is 16.7. The number of pyridine rings is 1. The summed E-state index contributed by atoms with van der Waals surface area (Å²) in [5.74, 6) is -1.92. The van der Waals surface area contributed by atoms with Crippen molar-refractivity contribution in [1.82, 2.24) is 9.29 Å². The van der Waals surface area contributed by atoms with Crippen LogP contribution in [0.25, 0.3) is 0 Å². The monoisotopic (exact) mass is 436 g/mol. The molecule has 30 heavy (non-hydrogen) atoms. The number of sulfonamides is 1. The van der Waals surface area contributed by atoms with Crippen LogP contribution in [-0.4, -0.2) is 55.0 Å². The summed E-state index contributed by atoms with van der Waals surface area (Å²) in [5.41, 5.74) is 4.74. The van der Waals surface area contributed by atoms with Crippen molar-refractivity contribution in [1.29, 1.82) is 0 Å². The molecule has 2 aliphatic heterocycles. The number of ether oxygens (including phenoxy) is 1. The molecule has 0 saturated carbocycles. The van der Waals surface area contributed by atoms with Gasteiger partial charge in [-0.3, -0.25) is 9.78 Å². The summed E-state index contributed by atoms with van der Waals surface area (Å²) in [5, 5.41) is -1.15. The van der Waals surface area contributed by atoms with E-state index in [2.05, 4.69) is 9.98 Å². The number of hydrogen-bond donors (Lipinski definition) is 1. The molecule has 0 spiro atoms. The van der Waals surface area contributed by atoms with E-state index in [1.54, 1.807) is 0 Å². The third-order valence-corrected chi connectivity index (χ3v) is 7.57. The fourth-order valence-corrected chi connectivity index (χ4v) is 5.42. The second-order valence-corrected chi connectivity index (χ2v) is 9.33. The molecule has 2 aliphatic rings. The lowest BCUT2D eigenvalue weighted by Gasteiger charge is -2.38. The first-order valence-corrected chi connectivity index (χ1v) is 10.5. The Morgan fingerprint density at radius 2 is 2.10 bits per heavy atom. The molecule has 0 radical (unpaired) electrons. The first-order valence-electron chi connectivity index (χ1n) is 8.99. The maximum absolute atomic E-state index is 14.9. The molecule has 3 heterocycles. The molecule has 2 aromatic rings. The fourth-order valence-electron chi connectivity index (χ4n) is 3.73. The predicted molar refractivity (Wildman–Crippen MR) is 103 cm³/mol. The standard InChI is InChI=1S/C19H18F2N4O4S/c1-25-18(22)24-19(10-29-9-17(19)30(25,27)28)13-6-11(2-4-14(13)21)7-16(26)15-5-3-12(20)8-23-15/h2-6,8,17H,7,9-10H2,1H3,(H2,22,24)/t17-,19-/m1/s1. The molecular formula is C19H18F2N4O4S. The van der Waals surface area contributed by atoms with Crippen LogP contribution in [0.15, 0.2) is 41.5 Å². The summed E-state index contributed by atoms with van der Waals surface area (Å²) in [7, 11) is -2.65. The lowest BCUT2D eigenvalue weighted by atomic mass is 9.87. The van der Waals surface area contributed by atoms with Gasteiger partial charge in [0.1, 0.15) is 28.1 Å². The number of guanidine groups is 1. The Bertz CT molecular complexity index is 1150. The van der Waals surface area contributed by atoms with E-state index in [0.29, 0.717) is 5.56 Å². The van der Waals surface area contributed by atoms with Gasteiger partial charge in [0.2, 0.25) is 16.0 Å². The second kappa shape index (κ2) is 7.10. The zero-order chi connectivity index (χ0) is 21.7. The fraction of sp³-hybridized carbons (Fsp3) is 0.316. The van der Waals surface area contributed by atoms with Crippen molar-refractivity contribution in [3.05, 3.63) is 65.0 Å². The molecule has 4 rings (SSSR count). The average Bonchev–Trinajstić information content (AvgIpc) is 3.14. The molecule has 158 valence electrons. The van der Waals surface area contributed by atoms with E-state index in [-0.39, 0.29) is 36.9 Å². The summed E-state index contributed by atoms with van der Waals surface area (Å²) in [4.78, 5) is 20.5. The van der Waals surface area contributed by atoms with Crippen molar-refractivity contribution < 1.29 is 26.7 Å². The number of Topliss-reactive ketones (excluding diaryl/α,β-unsaturated/α-hetero) is 1. The van der Waals surface area contributed by atoms with Crippen LogP contribution in [0, 0.1) is 11.6 Å². The highest BCUT2D eigenvalue weighted by molar-refractivity contribution is 7.90. The van der Waals surface area contributed by atoms with Crippen LogP contribution in [-0.2, 0) is 26.7 Å². The highest BCUT2D eigenvalue weighted by Crippen LogP contribution is 2.43. The van der Waals surface area contributed by atoms with E-state index in [0.717, 1.165) is 22.6 Å². The Kier molecular flexibility index (Phi) is 4.82. The first kappa shape index (κ1) is 20.4. The van der Waals surface area contributed by atoms with E-state index in [9.17, 15) is 22.0 Å². The third kappa shape index (κ3) is 3.14. The van der Waals surface area contributed by atoms with Gasteiger partial charge in [-0.25, -0.2) is 26.5 Å². The minimum absolute atomic E-state index is 0.0120. The van der Waals surface area contributed by atoms with Crippen LogP contribution in [0.5, 0.6) is 0 Å². The van der Waals surface area contributed by atoms with E-state index in [4.69, 9.17) is 10.5 Å². The number of nitrogens with zero attached hydrogens (tertiary/aromatic N) is 3. The van der Waals surface area contributed by atoms with Gasteiger partial charge in [0.15, 0.2) is 5.78 Å². The van der Waals surface area contributed by atoms with Gasteiger partial charge in [0.25, 0.3) is 0 Å². The minimum atomic E-state index is -3.92. The number of halogens is 2. The molecule has 11 heteroatoms. The van der Waals surface area contributed by atoms with E-state index in [1.807, 2.05) is 0 Å². The highest BCUT2D eigenvalue weighted by atomic mass is 32.2. The molecule has 2 N–H and O–H groups in total. The Labute approximate surface area is 171 Å². The number of carbonyl (C=O) groups excluding carboxylic acids is 1. The van der Waals surface area contributed by atoms with Crippen molar-refractivity contribution in [2.75, 3.05) is 20.3 Å². The van der Waals surface area contributed by atoms with Crippen LogP contribution in [0.2, 0.25) is 0 Å². The number of nitrogens with two attached hydrogens (primary N) is 1. The number of rotatable bonds is 4. The second-order valence-electron chi connectivity index (χ2n) is 7.19. The van der Waals surface area contributed by atoms with E-state index in [1.165, 1.54) is 25.2 Å². The van der Waals surface area contributed by atoms with Gasteiger partial charge in [-0.05, 0) is 29.8 Å². The minimum Gasteiger partial charge on any atom is -0.377 e. The molecule has 1 aromatic heterocycles. The van der Waals surface area contributed by atoms with Crippen LogP contribution in [0.4, 0.5) is 8.78 Å². The number of aromatic nitrogens is 1. The quantitative estimate of drug-likeness (QED) is 0.715.